The van der Waals surface area contributed by atoms with Crippen LogP contribution in [0.1, 0.15) is 11.1 Å². The lowest BCUT2D eigenvalue weighted by atomic mass is 10.1. The SMILES string of the molecule is COCc1ccccc1CNC(=O)Nc1ccc(OC(F)F)c2ncccc12. The van der Waals surface area contributed by atoms with Crippen molar-refractivity contribution in [1.29, 1.82) is 0 Å². The number of urea groups is 1. The number of halogens is 2. The Hall–Kier alpha value is -3.26. The van der Waals surface area contributed by atoms with Crippen LogP contribution in [-0.2, 0) is 17.9 Å². The Morgan fingerprint density at radius 1 is 1.11 bits per heavy atom. The molecule has 0 radical (unpaired) electrons. The minimum atomic E-state index is -2.96. The molecule has 8 heteroatoms. The van der Waals surface area contributed by atoms with Gasteiger partial charge in [0.25, 0.3) is 0 Å². The zero-order chi connectivity index (χ0) is 19.9. The van der Waals surface area contributed by atoms with E-state index < -0.39 is 12.6 Å². The molecule has 2 amide bonds. The molecule has 6 nitrogen and oxygen atoms in total. The fourth-order valence-corrected chi connectivity index (χ4v) is 2.82. The lowest BCUT2D eigenvalue weighted by molar-refractivity contribution is -0.0489. The van der Waals surface area contributed by atoms with Gasteiger partial charge in [-0.25, -0.2) is 4.79 Å². The fourth-order valence-electron chi connectivity index (χ4n) is 2.82. The van der Waals surface area contributed by atoms with Gasteiger partial charge in [0.05, 0.1) is 12.3 Å². The summed E-state index contributed by atoms with van der Waals surface area (Å²) in [5.74, 6) is -0.0509. The van der Waals surface area contributed by atoms with Gasteiger partial charge in [-0.1, -0.05) is 24.3 Å². The van der Waals surface area contributed by atoms with E-state index in [0.717, 1.165) is 11.1 Å². The number of carbonyl (C=O) groups excluding carboxylic acids is 1. The molecule has 0 atom stereocenters. The van der Waals surface area contributed by atoms with Crippen molar-refractivity contribution in [3.05, 3.63) is 65.9 Å². The van der Waals surface area contributed by atoms with Crippen LogP contribution in [0.3, 0.4) is 0 Å². The summed E-state index contributed by atoms with van der Waals surface area (Å²) in [6, 6.07) is 13.4. The van der Waals surface area contributed by atoms with Gasteiger partial charge < -0.3 is 20.1 Å². The monoisotopic (exact) mass is 387 g/mol. The van der Waals surface area contributed by atoms with Gasteiger partial charge in [0.1, 0.15) is 5.52 Å². The Labute approximate surface area is 160 Å². The van der Waals surface area contributed by atoms with Crippen molar-refractivity contribution in [1.82, 2.24) is 10.3 Å². The Balaban J connectivity index is 1.73. The summed E-state index contributed by atoms with van der Waals surface area (Å²) in [5, 5.41) is 6.00. The van der Waals surface area contributed by atoms with Crippen molar-refractivity contribution in [3.63, 3.8) is 0 Å². The third kappa shape index (κ3) is 4.72. The number of carbonyl (C=O) groups is 1. The summed E-state index contributed by atoms with van der Waals surface area (Å²) < 4.78 is 34.8. The number of aromatic nitrogens is 1. The lowest BCUT2D eigenvalue weighted by Crippen LogP contribution is -2.28. The third-order valence-corrected chi connectivity index (χ3v) is 4.05. The van der Waals surface area contributed by atoms with Crippen LogP contribution in [0.2, 0.25) is 0 Å². The number of rotatable bonds is 7. The van der Waals surface area contributed by atoms with Crippen LogP contribution in [0.4, 0.5) is 19.3 Å². The Morgan fingerprint density at radius 3 is 2.64 bits per heavy atom. The van der Waals surface area contributed by atoms with E-state index in [1.165, 1.54) is 18.3 Å². The molecule has 0 aliphatic carbocycles. The van der Waals surface area contributed by atoms with E-state index in [0.29, 0.717) is 24.2 Å². The molecule has 0 saturated heterocycles. The van der Waals surface area contributed by atoms with Crippen LogP contribution in [0.15, 0.2) is 54.7 Å². The number of fused-ring (bicyclic) bond motifs is 1. The number of hydrogen-bond donors (Lipinski definition) is 2. The van der Waals surface area contributed by atoms with Crippen molar-refractivity contribution in [2.24, 2.45) is 0 Å². The minimum Gasteiger partial charge on any atom is -0.432 e. The van der Waals surface area contributed by atoms with E-state index in [1.54, 1.807) is 19.2 Å². The topological polar surface area (TPSA) is 72.5 Å². The number of nitrogens with zero attached hydrogens (tertiary/aromatic N) is 1. The predicted molar refractivity (Wildman–Crippen MR) is 101 cm³/mol. The number of methoxy groups -OCH3 is 1. The molecule has 1 heterocycles. The van der Waals surface area contributed by atoms with Crippen molar-refractivity contribution in [3.8, 4) is 5.75 Å². The summed E-state index contributed by atoms with van der Waals surface area (Å²) in [4.78, 5) is 16.4. The van der Waals surface area contributed by atoms with Crippen molar-refractivity contribution in [2.75, 3.05) is 12.4 Å². The molecule has 0 bridgehead atoms. The van der Waals surface area contributed by atoms with Crippen LogP contribution < -0.4 is 15.4 Å². The molecule has 146 valence electrons. The highest BCUT2D eigenvalue weighted by atomic mass is 19.3. The average Bonchev–Trinajstić information content (AvgIpc) is 2.69. The number of nitrogens with one attached hydrogen (secondary N) is 2. The first-order valence-corrected chi connectivity index (χ1v) is 8.51. The molecule has 0 spiro atoms. The highest BCUT2D eigenvalue weighted by molar-refractivity contribution is 6.02. The number of anilines is 1. The number of ether oxygens (including phenoxy) is 2. The maximum absolute atomic E-state index is 12.6. The molecule has 1 aromatic heterocycles. The number of benzene rings is 2. The van der Waals surface area contributed by atoms with Gasteiger partial charge >= 0.3 is 12.6 Å². The first-order chi connectivity index (χ1) is 13.6. The quantitative estimate of drug-likeness (QED) is 0.634. The second-order valence-corrected chi connectivity index (χ2v) is 5.90. The van der Waals surface area contributed by atoms with E-state index in [2.05, 4.69) is 20.4 Å². The van der Waals surface area contributed by atoms with Crippen LogP contribution in [0.5, 0.6) is 5.75 Å². The van der Waals surface area contributed by atoms with Gasteiger partial charge in [0, 0.05) is 25.2 Å². The summed E-state index contributed by atoms with van der Waals surface area (Å²) in [6.45, 7) is -2.20. The molecule has 3 aromatic rings. The zero-order valence-electron chi connectivity index (χ0n) is 15.1. The normalized spacial score (nSPS) is 10.9. The van der Waals surface area contributed by atoms with Crippen LogP contribution in [0, 0.1) is 0 Å². The molecular weight excluding hydrogens is 368 g/mol. The fraction of sp³-hybridized carbons (Fsp3) is 0.200. The summed E-state index contributed by atoms with van der Waals surface area (Å²) in [5.41, 5.74) is 2.60. The van der Waals surface area contributed by atoms with E-state index >= 15 is 0 Å². The Morgan fingerprint density at radius 2 is 1.89 bits per heavy atom. The van der Waals surface area contributed by atoms with Gasteiger partial charge in [-0.3, -0.25) is 4.98 Å². The number of hydrogen-bond acceptors (Lipinski definition) is 4. The molecule has 2 aromatic carbocycles. The number of pyridine rings is 1. The molecule has 0 aliphatic heterocycles. The van der Waals surface area contributed by atoms with Gasteiger partial charge in [0.2, 0.25) is 0 Å². The first-order valence-electron chi connectivity index (χ1n) is 8.51. The van der Waals surface area contributed by atoms with Gasteiger partial charge in [0.15, 0.2) is 5.75 Å². The third-order valence-electron chi connectivity index (χ3n) is 4.05. The van der Waals surface area contributed by atoms with Crippen molar-refractivity contribution >= 4 is 22.6 Å². The predicted octanol–water partition coefficient (Wildman–Crippen LogP) is 4.30. The maximum atomic E-state index is 12.6. The highest BCUT2D eigenvalue weighted by Crippen LogP contribution is 2.30. The molecule has 2 N–H and O–H groups in total. The minimum absolute atomic E-state index is 0.0509. The molecule has 0 unspecified atom stereocenters. The van der Waals surface area contributed by atoms with E-state index in [1.807, 2.05) is 24.3 Å². The van der Waals surface area contributed by atoms with Gasteiger partial charge in [-0.05, 0) is 35.4 Å². The molecule has 3 rings (SSSR count). The Kier molecular flexibility index (Phi) is 6.33. The number of amides is 2. The van der Waals surface area contributed by atoms with Gasteiger partial charge in [-0.2, -0.15) is 8.78 Å². The first kappa shape index (κ1) is 19.5. The molecule has 0 saturated carbocycles. The average molecular weight is 387 g/mol. The van der Waals surface area contributed by atoms with Crippen LogP contribution in [0.25, 0.3) is 10.9 Å². The van der Waals surface area contributed by atoms with Crippen LogP contribution in [-0.4, -0.2) is 24.7 Å². The smallest absolute Gasteiger partial charge is 0.387 e. The molecule has 0 aliphatic rings. The molecular formula is C20H19F2N3O3. The zero-order valence-corrected chi connectivity index (χ0v) is 15.1. The van der Waals surface area contributed by atoms with Gasteiger partial charge in [-0.15, -0.1) is 0 Å². The standard InChI is InChI=1S/C20H19F2N3O3/c1-27-12-14-6-3-2-5-13(14)11-24-20(26)25-16-8-9-17(28-19(21)22)18-15(16)7-4-10-23-18/h2-10,19H,11-12H2,1H3,(H2,24,25,26). The second-order valence-electron chi connectivity index (χ2n) is 5.90. The maximum Gasteiger partial charge on any atom is 0.387 e. The summed E-state index contributed by atoms with van der Waals surface area (Å²) in [6.07, 6.45) is 1.47. The molecule has 28 heavy (non-hydrogen) atoms. The largest absolute Gasteiger partial charge is 0.432 e. The van der Waals surface area contributed by atoms with E-state index in [-0.39, 0.29) is 11.3 Å². The second kappa shape index (κ2) is 9.09. The van der Waals surface area contributed by atoms with Crippen molar-refractivity contribution in [2.45, 2.75) is 19.8 Å². The van der Waals surface area contributed by atoms with E-state index in [9.17, 15) is 13.6 Å². The van der Waals surface area contributed by atoms with E-state index in [4.69, 9.17) is 4.74 Å². The summed E-state index contributed by atoms with van der Waals surface area (Å²) >= 11 is 0. The van der Waals surface area contributed by atoms with Crippen LogP contribution >= 0.6 is 0 Å². The molecule has 0 fully saturated rings. The number of alkyl halides is 2. The Bertz CT molecular complexity index is 966. The lowest BCUT2D eigenvalue weighted by Gasteiger charge is -2.13. The summed E-state index contributed by atoms with van der Waals surface area (Å²) in [7, 11) is 1.61. The highest BCUT2D eigenvalue weighted by Gasteiger charge is 2.13. The van der Waals surface area contributed by atoms with Crippen molar-refractivity contribution < 1.29 is 23.0 Å².